The Bertz CT molecular complexity index is 408. The summed E-state index contributed by atoms with van der Waals surface area (Å²) in [6, 6.07) is 10.4. The second-order valence-electron chi connectivity index (χ2n) is 5.10. The minimum Gasteiger partial charge on any atom is -0.469 e. The molecule has 1 N–H and O–H groups in total. The van der Waals surface area contributed by atoms with E-state index in [1.54, 1.807) is 0 Å². The third kappa shape index (κ3) is 3.78. The molecule has 1 aromatic rings. The molecule has 1 aromatic carbocycles. The SMILES string of the molecule is COC(=O)C(CN1CCN[C@@H](C)C1)c1ccccc1. The van der Waals surface area contributed by atoms with E-state index >= 15 is 0 Å². The van der Waals surface area contributed by atoms with Gasteiger partial charge in [-0.3, -0.25) is 9.69 Å². The number of hydrogen-bond acceptors (Lipinski definition) is 4. The zero-order valence-electron chi connectivity index (χ0n) is 11.6. The molecule has 4 heteroatoms. The van der Waals surface area contributed by atoms with Gasteiger partial charge < -0.3 is 10.1 Å². The highest BCUT2D eigenvalue weighted by Gasteiger charge is 2.26. The van der Waals surface area contributed by atoms with Gasteiger partial charge in [-0.1, -0.05) is 30.3 Å². The summed E-state index contributed by atoms with van der Waals surface area (Å²) in [6.07, 6.45) is 0. The van der Waals surface area contributed by atoms with E-state index in [0.717, 1.165) is 31.7 Å². The Morgan fingerprint density at radius 2 is 2.21 bits per heavy atom. The van der Waals surface area contributed by atoms with Gasteiger partial charge in [0.25, 0.3) is 0 Å². The average molecular weight is 262 g/mol. The van der Waals surface area contributed by atoms with Crippen LogP contribution in [0.25, 0.3) is 0 Å². The molecule has 0 aliphatic carbocycles. The lowest BCUT2D eigenvalue weighted by Gasteiger charge is -2.33. The summed E-state index contributed by atoms with van der Waals surface area (Å²) in [5.41, 5.74) is 1.03. The van der Waals surface area contributed by atoms with Crippen LogP contribution in [0.1, 0.15) is 18.4 Å². The van der Waals surface area contributed by atoms with Gasteiger partial charge in [-0.15, -0.1) is 0 Å². The van der Waals surface area contributed by atoms with Crippen LogP contribution >= 0.6 is 0 Å². The largest absolute Gasteiger partial charge is 0.469 e. The van der Waals surface area contributed by atoms with E-state index in [0.29, 0.717) is 6.04 Å². The van der Waals surface area contributed by atoms with Crippen LogP contribution in [0, 0.1) is 0 Å². The molecule has 1 saturated heterocycles. The lowest BCUT2D eigenvalue weighted by Crippen LogP contribution is -2.50. The molecule has 1 aliphatic heterocycles. The van der Waals surface area contributed by atoms with Crippen molar-refractivity contribution in [3.05, 3.63) is 35.9 Å². The normalized spacial score (nSPS) is 21.9. The first-order valence-electron chi connectivity index (χ1n) is 6.79. The summed E-state index contributed by atoms with van der Waals surface area (Å²) in [7, 11) is 1.46. The van der Waals surface area contributed by atoms with E-state index < -0.39 is 0 Å². The third-order valence-corrected chi connectivity index (χ3v) is 3.58. The predicted molar refractivity (Wildman–Crippen MR) is 75.1 cm³/mol. The number of esters is 1. The van der Waals surface area contributed by atoms with E-state index in [1.165, 1.54) is 7.11 Å². The van der Waals surface area contributed by atoms with E-state index in [4.69, 9.17) is 4.74 Å². The molecule has 2 atom stereocenters. The van der Waals surface area contributed by atoms with Crippen molar-refractivity contribution in [3.8, 4) is 0 Å². The van der Waals surface area contributed by atoms with Gasteiger partial charge in [0, 0.05) is 32.2 Å². The van der Waals surface area contributed by atoms with Crippen molar-refractivity contribution in [1.29, 1.82) is 0 Å². The van der Waals surface area contributed by atoms with Crippen LogP contribution in [0.5, 0.6) is 0 Å². The lowest BCUT2D eigenvalue weighted by atomic mass is 9.98. The van der Waals surface area contributed by atoms with Gasteiger partial charge in [0.05, 0.1) is 13.0 Å². The maximum atomic E-state index is 12.0. The van der Waals surface area contributed by atoms with E-state index in [1.807, 2.05) is 30.3 Å². The Hall–Kier alpha value is -1.39. The summed E-state index contributed by atoms with van der Waals surface area (Å²) in [4.78, 5) is 14.3. The molecule has 0 spiro atoms. The number of piperazine rings is 1. The van der Waals surface area contributed by atoms with Gasteiger partial charge in [0.2, 0.25) is 0 Å². The molecule has 0 amide bonds. The fourth-order valence-corrected chi connectivity index (χ4v) is 2.58. The number of carbonyl (C=O) groups is 1. The summed E-state index contributed by atoms with van der Waals surface area (Å²) in [5.74, 6) is -0.353. The average Bonchev–Trinajstić information content (AvgIpc) is 2.45. The summed E-state index contributed by atoms with van der Waals surface area (Å²) in [5, 5.41) is 3.41. The summed E-state index contributed by atoms with van der Waals surface area (Å²) in [6.45, 7) is 5.82. The molecule has 1 fully saturated rings. The van der Waals surface area contributed by atoms with Gasteiger partial charge in [-0.2, -0.15) is 0 Å². The first-order valence-corrected chi connectivity index (χ1v) is 6.79. The van der Waals surface area contributed by atoms with Crippen LogP contribution in [-0.4, -0.2) is 50.2 Å². The standard InChI is InChI=1S/C15H22N2O2/c1-12-10-17(9-8-16-12)11-14(15(18)19-2)13-6-4-3-5-7-13/h3-7,12,14,16H,8-11H2,1-2H3/t12-,14?/m0/s1. The monoisotopic (exact) mass is 262 g/mol. The molecule has 19 heavy (non-hydrogen) atoms. The molecular weight excluding hydrogens is 240 g/mol. The van der Waals surface area contributed by atoms with Crippen molar-refractivity contribution < 1.29 is 9.53 Å². The second kappa shape index (κ2) is 6.68. The Morgan fingerprint density at radius 3 is 2.84 bits per heavy atom. The highest BCUT2D eigenvalue weighted by atomic mass is 16.5. The van der Waals surface area contributed by atoms with Crippen molar-refractivity contribution in [2.45, 2.75) is 18.9 Å². The van der Waals surface area contributed by atoms with Crippen molar-refractivity contribution in [3.63, 3.8) is 0 Å². The van der Waals surface area contributed by atoms with Crippen molar-refractivity contribution in [2.24, 2.45) is 0 Å². The van der Waals surface area contributed by atoms with E-state index in [9.17, 15) is 4.79 Å². The molecule has 2 rings (SSSR count). The Labute approximate surface area is 114 Å². The van der Waals surface area contributed by atoms with Gasteiger partial charge in [-0.25, -0.2) is 0 Å². The molecule has 104 valence electrons. The van der Waals surface area contributed by atoms with Crippen LogP contribution in [-0.2, 0) is 9.53 Å². The number of hydrogen-bond donors (Lipinski definition) is 1. The number of nitrogens with one attached hydrogen (secondary N) is 1. The van der Waals surface area contributed by atoms with Gasteiger partial charge in [-0.05, 0) is 12.5 Å². The van der Waals surface area contributed by atoms with Gasteiger partial charge in [0.1, 0.15) is 0 Å². The molecular formula is C15H22N2O2. The highest BCUT2D eigenvalue weighted by Crippen LogP contribution is 2.19. The Balaban J connectivity index is 2.08. The predicted octanol–water partition coefficient (Wildman–Crippen LogP) is 1.24. The van der Waals surface area contributed by atoms with E-state index in [-0.39, 0.29) is 11.9 Å². The van der Waals surface area contributed by atoms with E-state index in [2.05, 4.69) is 17.1 Å². The third-order valence-electron chi connectivity index (χ3n) is 3.58. The van der Waals surface area contributed by atoms with Crippen LogP contribution in [0.3, 0.4) is 0 Å². The fraction of sp³-hybridized carbons (Fsp3) is 0.533. The first-order chi connectivity index (χ1) is 9.20. The molecule has 1 heterocycles. The zero-order chi connectivity index (χ0) is 13.7. The molecule has 0 aromatic heterocycles. The second-order valence-corrected chi connectivity index (χ2v) is 5.10. The quantitative estimate of drug-likeness (QED) is 0.829. The van der Waals surface area contributed by atoms with Gasteiger partial charge in [0.15, 0.2) is 0 Å². The molecule has 0 radical (unpaired) electrons. The molecule has 1 aliphatic rings. The molecule has 0 saturated carbocycles. The maximum absolute atomic E-state index is 12.0. The number of carbonyl (C=O) groups excluding carboxylic acids is 1. The first kappa shape index (κ1) is 14.0. The van der Waals surface area contributed by atoms with Crippen molar-refractivity contribution >= 4 is 5.97 Å². The Kier molecular flexibility index (Phi) is 4.93. The number of ether oxygens (including phenoxy) is 1. The molecule has 0 bridgehead atoms. The van der Waals surface area contributed by atoms with Gasteiger partial charge >= 0.3 is 5.97 Å². The van der Waals surface area contributed by atoms with Crippen LogP contribution < -0.4 is 5.32 Å². The number of nitrogens with zero attached hydrogens (tertiary/aromatic N) is 1. The van der Waals surface area contributed by atoms with Crippen molar-refractivity contribution in [1.82, 2.24) is 10.2 Å². The lowest BCUT2D eigenvalue weighted by molar-refractivity contribution is -0.143. The summed E-state index contributed by atoms with van der Waals surface area (Å²) >= 11 is 0. The minimum atomic E-state index is -0.198. The Morgan fingerprint density at radius 1 is 1.47 bits per heavy atom. The molecule has 1 unspecified atom stereocenters. The number of benzene rings is 1. The maximum Gasteiger partial charge on any atom is 0.314 e. The smallest absolute Gasteiger partial charge is 0.314 e. The summed E-state index contributed by atoms with van der Waals surface area (Å²) < 4.78 is 4.95. The number of methoxy groups -OCH3 is 1. The topological polar surface area (TPSA) is 41.6 Å². The van der Waals surface area contributed by atoms with Crippen LogP contribution in [0.2, 0.25) is 0 Å². The fourth-order valence-electron chi connectivity index (χ4n) is 2.58. The van der Waals surface area contributed by atoms with Crippen LogP contribution in [0.15, 0.2) is 30.3 Å². The molecule has 4 nitrogen and oxygen atoms in total. The number of rotatable bonds is 4. The van der Waals surface area contributed by atoms with Crippen molar-refractivity contribution in [2.75, 3.05) is 33.3 Å². The minimum absolute atomic E-state index is 0.155. The highest BCUT2D eigenvalue weighted by molar-refractivity contribution is 5.78. The zero-order valence-corrected chi connectivity index (χ0v) is 11.6. The van der Waals surface area contributed by atoms with Crippen LogP contribution in [0.4, 0.5) is 0 Å².